The maximum Gasteiger partial charge on any atom is 0.0447 e. The molecule has 4 heteroatoms. The Morgan fingerprint density at radius 1 is 1.37 bits per heavy atom. The van der Waals surface area contributed by atoms with Gasteiger partial charge >= 0.3 is 0 Å². The van der Waals surface area contributed by atoms with Gasteiger partial charge in [0.2, 0.25) is 0 Å². The quantitative estimate of drug-likeness (QED) is 0.770. The average Bonchev–Trinajstić information content (AvgIpc) is 2.38. The summed E-state index contributed by atoms with van der Waals surface area (Å²) in [6, 6.07) is 6.43. The standard InChI is InChI=1S/C15H25ClN2O/c1-4-17-11-13-10-14(16)6-7-15(13)18(12(2)3)8-5-9-19/h6-7,10,12,17,19H,4-5,8-9,11H2,1-3H3. The Morgan fingerprint density at radius 2 is 2.11 bits per heavy atom. The van der Waals surface area contributed by atoms with Crippen LogP contribution >= 0.6 is 11.6 Å². The molecule has 0 fully saturated rings. The van der Waals surface area contributed by atoms with E-state index >= 15 is 0 Å². The fourth-order valence-electron chi connectivity index (χ4n) is 2.13. The van der Waals surface area contributed by atoms with Crippen molar-refractivity contribution in [2.24, 2.45) is 0 Å². The van der Waals surface area contributed by atoms with Gasteiger partial charge in [-0.15, -0.1) is 0 Å². The predicted octanol–water partition coefficient (Wildman–Crippen LogP) is 3.05. The van der Waals surface area contributed by atoms with Crippen molar-refractivity contribution in [3.8, 4) is 0 Å². The SMILES string of the molecule is CCNCc1cc(Cl)ccc1N(CCCO)C(C)C. The van der Waals surface area contributed by atoms with Gasteiger partial charge in [-0.2, -0.15) is 0 Å². The molecule has 1 aromatic carbocycles. The molecule has 2 N–H and O–H groups in total. The second-order valence-electron chi connectivity index (χ2n) is 4.92. The van der Waals surface area contributed by atoms with Crippen LogP contribution in [-0.4, -0.2) is 30.8 Å². The van der Waals surface area contributed by atoms with Gasteiger partial charge in [0, 0.05) is 36.4 Å². The first-order chi connectivity index (χ1) is 9.10. The zero-order valence-corrected chi connectivity index (χ0v) is 12.9. The molecule has 19 heavy (non-hydrogen) atoms. The maximum atomic E-state index is 9.04. The van der Waals surface area contributed by atoms with Crippen LogP contribution in [0.15, 0.2) is 18.2 Å². The van der Waals surface area contributed by atoms with Gasteiger partial charge in [-0.1, -0.05) is 18.5 Å². The summed E-state index contributed by atoms with van der Waals surface area (Å²) < 4.78 is 0. The summed E-state index contributed by atoms with van der Waals surface area (Å²) in [7, 11) is 0. The molecule has 0 atom stereocenters. The Balaban J connectivity index is 2.99. The van der Waals surface area contributed by atoms with E-state index in [1.807, 2.05) is 12.1 Å². The third-order valence-electron chi connectivity index (χ3n) is 3.10. The second kappa shape index (κ2) is 8.41. The molecule has 0 amide bonds. The molecule has 108 valence electrons. The van der Waals surface area contributed by atoms with Crippen LogP contribution in [0.4, 0.5) is 5.69 Å². The van der Waals surface area contributed by atoms with Crippen molar-refractivity contribution in [1.82, 2.24) is 5.32 Å². The molecule has 0 aliphatic carbocycles. The molecule has 0 heterocycles. The number of aliphatic hydroxyl groups is 1. The van der Waals surface area contributed by atoms with E-state index in [2.05, 4.69) is 37.1 Å². The van der Waals surface area contributed by atoms with E-state index in [4.69, 9.17) is 16.7 Å². The van der Waals surface area contributed by atoms with Gasteiger partial charge in [0.25, 0.3) is 0 Å². The third-order valence-corrected chi connectivity index (χ3v) is 3.33. The summed E-state index contributed by atoms with van der Waals surface area (Å²) >= 11 is 6.10. The van der Waals surface area contributed by atoms with Crippen LogP contribution in [0.2, 0.25) is 5.02 Å². The highest BCUT2D eigenvalue weighted by atomic mass is 35.5. The molecule has 1 rings (SSSR count). The fourth-order valence-corrected chi connectivity index (χ4v) is 2.33. The highest BCUT2D eigenvalue weighted by Gasteiger charge is 2.14. The number of hydrogen-bond acceptors (Lipinski definition) is 3. The van der Waals surface area contributed by atoms with E-state index in [0.717, 1.165) is 31.1 Å². The summed E-state index contributed by atoms with van der Waals surface area (Å²) in [6.07, 6.45) is 0.779. The Morgan fingerprint density at radius 3 is 2.68 bits per heavy atom. The van der Waals surface area contributed by atoms with E-state index in [1.165, 1.54) is 11.3 Å². The van der Waals surface area contributed by atoms with Crippen molar-refractivity contribution >= 4 is 17.3 Å². The molecule has 3 nitrogen and oxygen atoms in total. The lowest BCUT2D eigenvalue weighted by atomic mass is 10.1. The lowest BCUT2D eigenvalue weighted by molar-refractivity contribution is 0.288. The predicted molar refractivity (Wildman–Crippen MR) is 83.0 cm³/mol. The van der Waals surface area contributed by atoms with Crippen LogP contribution in [0.1, 0.15) is 32.8 Å². The number of nitrogens with zero attached hydrogens (tertiary/aromatic N) is 1. The second-order valence-corrected chi connectivity index (χ2v) is 5.35. The smallest absolute Gasteiger partial charge is 0.0447 e. The highest BCUT2D eigenvalue weighted by molar-refractivity contribution is 6.30. The number of nitrogens with one attached hydrogen (secondary N) is 1. The minimum Gasteiger partial charge on any atom is -0.396 e. The number of benzene rings is 1. The summed E-state index contributed by atoms with van der Waals surface area (Å²) in [5.41, 5.74) is 2.41. The molecule has 0 aromatic heterocycles. The van der Waals surface area contributed by atoms with Crippen LogP contribution in [0.25, 0.3) is 0 Å². The largest absolute Gasteiger partial charge is 0.396 e. The molecular formula is C15H25ClN2O. The Kier molecular flexibility index (Phi) is 7.21. The summed E-state index contributed by atoms with van der Waals surface area (Å²) in [4.78, 5) is 2.32. The van der Waals surface area contributed by atoms with Crippen LogP contribution in [0, 0.1) is 0 Å². The average molecular weight is 285 g/mol. The number of halogens is 1. The van der Waals surface area contributed by atoms with E-state index in [9.17, 15) is 0 Å². The van der Waals surface area contributed by atoms with Crippen LogP contribution in [-0.2, 0) is 6.54 Å². The van der Waals surface area contributed by atoms with Crippen molar-refractivity contribution in [2.45, 2.75) is 39.8 Å². The van der Waals surface area contributed by atoms with Gasteiger partial charge in [-0.05, 0) is 50.6 Å². The number of rotatable bonds is 8. The first-order valence-electron chi connectivity index (χ1n) is 6.96. The molecule has 1 aromatic rings. The van der Waals surface area contributed by atoms with Crippen molar-refractivity contribution in [2.75, 3.05) is 24.6 Å². The van der Waals surface area contributed by atoms with Gasteiger partial charge in [-0.25, -0.2) is 0 Å². The molecule has 0 bridgehead atoms. The number of aliphatic hydroxyl groups excluding tert-OH is 1. The Labute approximate surface area is 121 Å². The van der Waals surface area contributed by atoms with E-state index in [0.29, 0.717) is 6.04 Å². The monoisotopic (exact) mass is 284 g/mol. The van der Waals surface area contributed by atoms with Gasteiger partial charge in [0.15, 0.2) is 0 Å². The normalized spacial score (nSPS) is 11.1. The van der Waals surface area contributed by atoms with E-state index in [-0.39, 0.29) is 6.61 Å². The Hall–Kier alpha value is -0.770. The maximum absolute atomic E-state index is 9.04. The minimum absolute atomic E-state index is 0.222. The molecule has 0 saturated heterocycles. The number of hydrogen-bond donors (Lipinski definition) is 2. The first kappa shape index (κ1) is 16.3. The molecule has 0 saturated carbocycles. The summed E-state index contributed by atoms with van der Waals surface area (Å²) in [5, 5.41) is 13.2. The topological polar surface area (TPSA) is 35.5 Å². The fraction of sp³-hybridized carbons (Fsp3) is 0.600. The van der Waals surface area contributed by atoms with Crippen molar-refractivity contribution in [3.63, 3.8) is 0 Å². The molecule has 0 aliphatic heterocycles. The molecule has 0 spiro atoms. The number of anilines is 1. The lowest BCUT2D eigenvalue weighted by Crippen LogP contribution is -2.33. The molecule has 0 unspecified atom stereocenters. The van der Waals surface area contributed by atoms with Crippen LogP contribution in [0.5, 0.6) is 0 Å². The van der Waals surface area contributed by atoms with Gasteiger partial charge in [0.1, 0.15) is 0 Å². The van der Waals surface area contributed by atoms with Crippen molar-refractivity contribution in [3.05, 3.63) is 28.8 Å². The first-order valence-corrected chi connectivity index (χ1v) is 7.34. The third kappa shape index (κ3) is 5.01. The van der Waals surface area contributed by atoms with E-state index < -0.39 is 0 Å². The minimum atomic E-state index is 0.222. The summed E-state index contributed by atoms with van der Waals surface area (Å²) in [5.74, 6) is 0. The zero-order chi connectivity index (χ0) is 14.3. The molecule has 0 radical (unpaired) electrons. The lowest BCUT2D eigenvalue weighted by Gasteiger charge is -2.31. The van der Waals surface area contributed by atoms with Crippen LogP contribution in [0.3, 0.4) is 0 Å². The molecule has 0 aliphatic rings. The summed E-state index contributed by atoms with van der Waals surface area (Å²) in [6.45, 7) is 9.26. The van der Waals surface area contributed by atoms with Gasteiger partial charge < -0.3 is 15.3 Å². The van der Waals surface area contributed by atoms with Crippen LogP contribution < -0.4 is 10.2 Å². The van der Waals surface area contributed by atoms with Crippen molar-refractivity contribution in [1.29, 1.82) is 0 Å². The molecular weight excluding hydrogens is 260 g/mol. The zero-order valence-electron chi connectivity index (χ0n) is 12.1. The van der Waals surface area contributed by atoms with Gasteiger partial charge in [-0.3, -0.25) is 0 Å². The highest BCUT2D eigenvalue weighted by Crippen LogP contribution is 2.26. The van der Waals surface area contributed by atoms with Crippen molar-refractivity contribution < 1.29 is 5.11 Å². The van der Waals surface area contributed by atoms with Gasteiger partial charge in [0.05, 0.1) is 0 Å². The van der Waals surface area contributed by atoms with E-state index in [1.54, 1.807) is 0 Å². The Bertz CT molecular complexity index is 382.